The molecule has 2 rings (SSSR count). The minimum Gasteiger partial charge on any atom is -0.377 e. The van der Waals surface area contributed by atoms with Gasteiger partial charge in [-0.1, -0.05) is 18.2 Å². The molecule has 0 saturated heterocycles. The van der Waals surface area contributed by atoms with Crippen molar-refractivity contribution in [2.24, 2.45) is 0 Å². The second kappa shape index (κ2) is 7.17. The van der Waals surface area contributed by atoms with Crippen LogP contribution in [0, 0.1) is 0 Å². The van der Waals surface area contributed by atoms with Gasteiger partial charge in [-0.2, -0.15) is 13.2 Å². The topological polar surface area (TPSA) is 26.3 Å². The molecule has 0 spiro atoms. The highest BCUT2D eigenvalue weighted by Gasteiger charge is 2.43. The van der Waals surface area contributed by atoms with E-state index in [0.717, 1.165) is 0 Å². The number of benzene rings is 1. The van der Waals surface area contributed by atoms with Gasteiger partial charge in [0.25, 0.3) is 5.78 Å². The lowest BCUT2D eigenvalue weighted by Gasteiger charge is -2.30. The molecule has 1 aromatic carbocycles. The van der Waals surface area contributed by atoms with Gasteiger partial charge in [0.05, 0.1) is 6.61 Å². The van der Waals surface area contributed by atoms with E-state index in [9.17, 15) is 26.7 Å². The van der Waals surface area contributed by atoms with Crippen molar-refractivity contribution in [1.82, 2.24) is 0 Å². The van der Waals surface area contributed by atoms with Crippen LogP contribution in [-0.2, 0) is 11.3 Å². The standard InChI is InChI=1S/C17H19F5O2/c1-2-24-10-12-4-3-5-13(14(12)15(23)17(20,21)22)11-6-8-16(18,19)9-7-11/h3-5,11H,2,6-10H2,1H3. The van der Waals surface area contributed by atoms with Crippen LogP contribution >= 0.6 is 0 Å². The summed E-state index contributed by atoms with van der Waals surface area (Å²) in [5.41, 5.74) is -0.0901. The second-order valence-electron chi connectivity index (χ2n) is 5.98. The maximum atomic E-state index is 13.3. The SMILES string of the molecule is CCOCc1cccc(C2CCC(F)(F)CC2)c1C(=O)C(F)(F)F. The normalized spacial score (nSPS) is 18.6. The summed E-state index contributed by atoms with van der Waals surface area (Å²) in [6.45, 7) is 1.86. The highest BCUT2D eigenvalue weighted by Crippen LogP contribution is 2.43. The highest BCUT2D eigenvalue weighted by atomic mass is 19.4. The van der Waals surface area contributed by atoms with Crippen LogP contribution in [0.2, 0.25) is 0 Å². The van der Waals surface area contributed by atoms with Crippen molar-refractivity contribution in [2.45, 2.75) is 57.2 Å². The Bertz CT molecular complexity index is 585. The van der Waals surface area contributed by atoms with E-state index >= 15 is 0 Å². The summed E-state index contributed by atoms with van der Waals surface area (Å²) in [4.78, 5) is 11.9. The van der Waals surface area contributed by atoms with Crippen molar-refractivity contribution in [3.05, 3.63) is 34.9 Å². The Kier molecular flexibility index (Phi) is 5.63. The number of hydrogen-bond donors (Lipinski definition) is 0. The van der Waals surface area contributed by atoms with Crippen molar-refractivity contribution in [2.75, 3.05) is 6.61 Å². The molecular formula is C17H19F5O2. The fraction of sp³-hybridized carbons (Fsp3) is 0.588. The van der Waals surface area contributed by atoms with Crippen LogP contribution in [0.25, 0.3) is 0 Å². The van der Waals surface area contributed by atoms with Crippen molar-refractivity contribution < 1.29 is 31.5 Å². The number of Topliss-reactive ketones (excluding diaryl/α,β-unsaturated/α-hetero) is 1. The largest absolute Gasteiger partial charge is 0.454 e. The predicted octanol–water partition coefficient (Wildman–Crippen LogP) is 5.26. The summed E-state index contributed by atoms with van der Waals surface area (Å²) in [5, 5.41) is 0. The van der Waals surface area contributed by atoms with Crippen LogP contribution in [0.1, 0.15) is 60.0 Å². The Morgan fingerprint density at radius 1 is 1.25 bits per heavy atom. The van der Waals surface area contributed by atoms with E-state index in [1.807, 2.05) is 0 Å². The van der Waals surface area contributed by atoms with Gasteiger partial charge in [-0.3, -0.25) is 4.79 Å². The molecule has 1 aliphatic rings. The molecule has 0 aliphatic heterocycles. The fourth-order valence-electron chi connectivity index (χ4n) is 3.06. The minimum absolute atomic E-state index is 0.0588. The molecule has 0 aromatic heterocycles. The van der Waals surface area contributed by atoms with Crippen molar-refractivity contribution in [3.8, 4) is 0 Å². The van der Waals surface area contributed by atoms with E-state index in [4.69, 9.17) is 4.74 Å². The molecule has 0 unspecified atom stereocenters. The number of hydrogen-bond acceptors (Lipinski definition) is 2. The number of ether oxygens (including phenoxy) is 1. The molecule has 1 aromatic rings. The maximum Gasteiger partial charge on any atom is 0.454 e. The molecule has 1 saturated carbocycles. The van der Waals surface area contributed by atoms with Gasteiger partial charge in [-0.25, -0.2) is 8.78 Å². The summed E-state index contributed by atoms with van der Waals surface area (Å²) >= 11 is 0. The van der Waals surface area contributed by atoms with Crippen LogP contribution in [-0.4, -0.2) is 24.5 Å². The Morgan fingerprint density at radius 2 is 1.88 bits per heavy atom. The average molecular weight is 350 g/mol. The van der Waals surface area contributed by atoms with Crippen LogP contribution < -0.4 is 0 Å². The predicted molar refractivity (Wildman–Crippen MR) is 78.3 cm³/mol. The van der Waals surface area contributed by atoms with Gasteiger partial charge in [0.2, 0.25) is 5.92 Å². The van der Waals surface area contributed by atoms with Crippen molar-refractivity contribution >= 4 is 5.78 Å². The maximum absolute atomic E-state index is 13.3. The molecule has 1 aliphatic carbocycles. The zero-order valence-electron chi connectivity index (χ0n) is 13.3. The van der Waals surface area contributed by atoms with Gasteiger partial charge < -0.3 is 4.74 Å². The second-order valence-corrected chi connectivity index (χ2v) is 5.98. The lowest BCUT2D eigenvalue weighted by molar-refractivity contribution is -0.0888. The summed E-state index contributed by atoms with van der Waals surface area (Å²) in [5.74, 6) is -5.20. The molecule has 0 heterocycles. The van der Waals surface area contributed by atoms with Crippen LogP contribution in [0.4, 0.5) is 22.0 Å². The summed E-state index contributed by atoms with van der Waals surface area (Å²) in [6.07, 6.45) is -5.66. The summed E-state index contributed by atoms with van der Waals surface area (Å²) < 4.78 is 70.8. The number of ketones is 1. The fourth-order valence-corrected chi connectivity index (χ4v) is 3.06. The molecule has 0 N–H and O–H groups in total. The van der Waals surface area contributed by atoms with Gasteiger partial charge in [-0.05, 0) is 36.8 Å². The third-order valence-electron chi connectivity index (χ3n) is 4.29. The molecule has 7 heteroatoms. The van der Waals surface area contributed by atoms with E-state index < -0.39 is 29.4 Å². The van der Waals surface area contributed by atoms with E-state index in [0.29, 0.717) is 6.61 Å². The van der Waals surface area contributed by atoms with Gasteiger partial charge >= 0.3 is 6.18 Å². The molecule has 0 amide bonds. The van der Waals surface area contributed by atoms with Crippen molar-refractivity contribution in [3.63, 3.8) is 0 Å². The van der Waals surface area contributed by atoms with E-state index in [1.54, 1.807) is 13.0 Å². The van der Waals surface area contributed by atoms with E-state index in [-0.39, 0.29) is 43.4 Å². The van der Waals surface area contributed by atoms with E-state index in [1.165, 1.54) is 12.1 Å². The molecule has 1 fully saturated rings. The first-order valence-electron chi connectivity index (χ1n) is 7.84. The zero-order valence-corrected chi connectivity index (χ0v) is 13.3. The van der Waals surface area contributed by atoms with Gasteiger partial charge in [0, 0.05) is 25.0 Å². The monoisotopic (exact) mass is 350 g/mol. The first-order valence-corrected chi connectivity index (χ1v) is 7.84. The van der Waals surface area contributed by atoms with E-state index in [2.05, 4.69) is 0 Å². The minimum atomic E-state index is -5.02. The van der Waals surface area contributed by atoms with Crippen molar-refractivity contribution in [1.29, 1.82) is 0 Å². The number of alkyl halides is 5. The number of carbonyl (C=O) groups excluding carboxylic acids is 1. The molecule has 2 nitrogen and oxygen atoms in total. The lowest BCUT2D eigenvalue weighted by Crippen LogP contribution is -2.28. The lowest BCUT2D eigenvalue weighted by atomic mass is 9.79. The quantitative estimate of drug-likeness (QED) is 0.535. The smallest absolute Gasteiger partial charge is 0.377 e. The molecule has 0 radical (unpaired) electrons. The average Bonchev–Trinajstić information content (AvgIpc) is 2.51. The highest BCUT2D eigenvalue weighted by molar-refractivity contribution is 6.03. The Hall–Kier alpha value is -1.50. The Morgan fingerprint density at radius 3 is 2.42 bits per heavy atom. The Balaban J connectivity index is 2.41. The molecule has 0 atom stereocenters. The molecule has 0 bridgehead atoms. The molecule has 134 valence electrons. The van der Waals surface area contributed by atoms with Crippen LogP contribution in [0.15, 0.2) is 18.2 Å². The van der Waals surface area contributed by atoms with Gasteiger partial charge in [0.1, 0.15) is 0 Å². The third-order valence-corrected chi connectivity index (χ3v) is 4.29. The summed E-state index contributed by atoms with van der Waals surface area (Å²) in [7, 11) is 0. The van der Waals surface area contributed by atoms with Crippen LogP contribution in [0.3, 0.4) is 0 Å². The molecular weight excluding hydrogens is 331 g/mol. The van der Waals surface area contributed by atoms with Crippen LogP contribution in [0.5, 0.6) is 0 Å². The Labute approximate surface area is 137 Å². The first kappa shape index (κ1) is 18.8. The number of halogens is 5. The third kappa shape index (κ3) is 4.32. The first-order chi connectivity index (χ1) is 11.2. The number of carbonyl (C=O) groups is 1. The number of rotatable bonds is 5. The van der Waals surface area contributed by atoms with Gasteiger partial charge in [-0.15, -0.1) is 0 Å². The zero-order chi connectivity index (χ0) is 18.0. The molecule has 24 heavy (non-hydrogen) atoms. The van der Waals surface area contributed by atoms with Gasteiger partial charge in [0.15, 0.2) is 0 Å². The summed E-state index contributed by atoms with van der Waals surface area (Å²) in [6, 6.07) is 4.39.